The maximum Gasteiger partial charge on any atom is 0.407 e. The Morgan fingerprint density at radius 2 is 1.44 bits per heavy atom. The van der Waals surface area contributed by atoms with Crippen molar-refractivity contribution in [1.29, 1.82) is 0 Å². The number of aliphatic carboxylic acids is 1. The quantitative estimate of drug-likeness (QED) is 0.485. The highest BCUT2D eigenvalue weighted by atomic mass is 16.7. The lowest BCUT2D eigenvalue weighted by molar-refractivity contribution is -0.139. The predicted molar refractivity (Wildman–Crippen MR) is 134 cm³/mol. The average Bonchev–Trinajstić information content (AvgIpc) is 3.39. The van der Waals surface area contributed by atoms with Gasteiger partial charge in [-0.3, -0.25) is 0 Å². The monoisotopic (exact) mass is 487 g/mol. The highest BCUT2D eigenvalue weighted by molar-refractivity contribution is 5.81. The minimum absolute atomic E-state index is 0.00692. The Bertz CT molecular complexity index is 1200. The Kier molecular flexibility index (Phi) is 6.76. The minimum atomic E-state index is -1.13. The number of hydrogen-bond acceptors (Lipinski definition) is 5. The van der Waals surface area contributed by atoms with Crippen LogP contribution in [0.5, 0.6) is 0 Å². The lowest BCUT2D eigenvalue weighted by Gasteiger charge is -2.18. The topological polar surface area (TPSA) is 94.1 Å². The van der Waals surface area contributed by atoms with Crippen LogP contribution in [0.25, 0.3) is 11.1 Å². The zero-order chi connectivity index (χ0) is 25.2. The number of hydrogen-bond donors (Lipinski definition) is 2. The second-order valence-corrected chi connectivity index (χ2v) is 9.32. The van der Waals surface area contributed by atoms with Crippen molar-refractivity contribution in [3.05, 3.63) is 95.1 Å². The molecule has 2 aliphatic rings. The SMILES string of the molecule is CC1OC(c2ccc(C[C@@H](NC(=O)OCC3c4ccccc4-c4ccccc43)C(=O)O)cc2)OC1C. The van der Waals surface area contributed by atoms with E-state index in [0.717, 1.165) is 33.4 Å². The van der Waals surface area contributed by atoms with E-state index in [1.165, 1.54) is 0 Å². The van der Waals surface area contributed by atoms with E-state index in [4.69, 9.17) is 14.2 Å². The van der Waals surface area contributed by atoms with Crippen molar-refractivity contribution in [2.45, 2.75) is 50.7 Å². The zero-order valence-corrected chi connectivity index (χ0v) is 20.2. The molecule has 0 saturated carbocycles. The van der Waals surface area contributed by atoms with Crippen LogP contribution in [-0.2, 0) is 25.4 Å². The fourth-order valence-electron chi connectivity index (χ4n) is 4.83. The Morgan fingerprint density at radius 3 is 2.00 bits per heavy atom. The number of amides is 1. The van der Waals surface area contributed by atoms with Gasteiger partial charge in [-0.15, -0.1) is 0 Å². The van der Waals surface area contributed by atoms with Gasteiger partial charge < -0.3 is 24.6 Å². The van der Waals surface area contributed by atoms with Crippen LogP contribution in [0.2, 0.25) is 0 Å². The number of rotatable bonds is 7. The van der Waals surface area contributed by atoms with Gasteiger partial charge in [0, 0.05) is 17.9 Å². The van der Waals surface area contributed by atoms with Gasteiger partial charge >= 0.3 is 12.1 Å². The number of carboxylic acid groups (broad SMARTS) is 1. The molecular formula is C29H29NO6. The third-order valence-electron chi connectivity index (χ3n) is 6.96. The van der Waals surface area contributed by atoms with Crippen LogP contribution >= 0.6 is 0 Å². The van der Waals surface area contributed by atoms with Gasteiger partial charge in [0.2, 0.25) is 0 Å². The number of ether oxygens (including phenoxy) is 3. The van der Waals surface area contributed by atoms with Crippen LogP contribution in [0.15, 0.2) is 72.8 Å². The van der Waals surface area contributed by atoms with Crippen LogP contribution in [0.4, 0.5) is 4.79 Å². The number of benzene rings is 3. The van der Waals surface area contributed by atoms with Gasteiger partial charge in [0.05, 0.1) is 12.2 Å². The molecule has 0 radical (unpaired) electrons. The van der Waals surface area contributed by atoms with Gasteiger partial charge in [0.15, 0.2) is 6.29 Å². The lowest BCUT2D eigenvalue weighted by Crippen LogP contribution is -2.42. The first-order valence-corrected chi connectivity index (χ1v) is 12.1. The van der Waals surface area contributed by atoms with Gasteiger partial charge in [-0.05, 0) is 41.7 Å². The Hall–Kier alpha value is -3.68. The molecule has 1 fully saturated rings. The summed E-state index contributed by atoms with van der Waals surface area (Å²) in [5.74, 6) is -1.22. The van der Waals surface area contributed by atoms with Crippen molar-refractivity contribution in [2.75, 3.05) is 6.61 Å². The summed E-state index contributed by atoms with van der Waals surface area (Å²) in [5, 5.41) is 12.2. The van der Waals surface area contributed by atoms with Crippen LogP contribution < -0.4 is 5.32 Å². The molecule has 186 valence electrons. The van der Waals surface area contributed by atoms with Gasteiger partial charge in [-0.2, -0.15) is 0 Å². The van der Waals surface area contributed by atoms with Crippen molar-refractivity contribution in [3.63, 3.8) is 0 Å². The molecule has 1 aliphatic carbocycles. The fourth-order valence-corrected chi connectivity index (χ4v) is 4.83. The molecule has 0 bridgehead atoms. The van der Waals surface area contributed by atoms with Crippen LogP contribution in [-0.4, -0.2) is 42.0 Å². The normalized spacial score (nSPS) is 21.4. The minimum Gasteiger partial charge on any atom is -0.480 e. The summed E-state index contributed by atoms with van der Waals surface area (Å²) in [4.78, 5) is 24.5. The molecule has 7 nitrogen and oxygen atoms in total. The molecule has 3 aromatic carbocycles. The molecule has 2 unspecified atom stereocenters. The summed E-state index contributed by atoms with van der Waals surface area (Å²) in [6.45, 7) is 4.05. The molecule has 1 amide bonds. The second kappa shape index (κ2) is 10.1. The number of carboxylic acids is 1. The molecule has 3 atom stereocenters. The van der Waals surface area contributed by atoms with E-state index >= 15 is 0 Å². The van der Waals surface area contributed by atoms with E-state index in [1.54, 1.807) is 0 Å². The van der Waals surface area contributed by atoms with Crippen molar-refractivity contribution in [3.8, 4) is 11.1 Å². The van der Waals surface area contributed by atoms with Crippen molar-refractivity contribution < 1.29 is 28.9 Å². The number of carbonyl (C=O) groups excluding carboxylic acids is 1. The van der Waals surface area contributed by atoms with E-state index in [1.807, 2.05) is 74.5 Å². The van der Waals surface area contributed by atoms with E-state index in [2.05, 4.69) is 17.4 Å². The Morgan fingerprint density at radius 1 is 0.889 bits per heavy atom. The highest BCUT2D eigenvalue weighted by Crippen LogP contribution is 2.44. The number of alkyl carbamates (subject to hydrolysis) is 1. The molecule has 1 heterocycles. The molecule has 0 spiro atoms. The number of carbonyl (C=O) groups is 2. The van der Waals surface area contributed by atoms with E-state index < -0.39 is 24.4 Å². The van der Waals surface area contributed by atoms with Crippen LogP contribution in [0, 0.1) is 0 Å². The molecule has 2 N–H and O–H groups in total. The lowest BCUT2D eigenvalue weighted by atomic mass is 9.98. The van der Waals surface area contributed by atoms with Crippen LogP contribution in [0.1, 0.15) is 48.3 Å². The smallest absolute Gasteiger partial charge is 0.407 e. The summed E-state index contributed by atoms with van der Waals surface area (Å²) in [6.07, 6.45) is -1.05. The molecule has 0 aromatic heterocycles. The Labute approximate surface area is 210 Å². The first-order valence-electron chi connectivity index (χ1n) is 12.1. The first kappa shape index (κ1) is 24.0. The summed E-state index contributed by atoms with van der Waals surface area (Å²) in [7, 11) is 0. The molecule has 36 heavy (non-hydrogen) atoms. The van der Waals surface area contributed by atoms with Gasteiger partial charge in [0.1, 0.15) is 12.6 Å². The molecule has 1 aliphatic heterocycles. The molecule has 3 aromatic rings. The largest absolute Gasteiger partial charge is 0.480 e. The maximum atomic E-state index is 12.6. The van der Waals surface area contributed by atoms with E-state index in [0.29, 0.717) is 0 Å². The molecule has 1 saturated heterocycles. The number of fused-ring (bicyclic) bond motifs is 3. The van der Waals surface area contributed by atoms with Crippen molar-refractivity contribution in [1.82, 2.24) is 5.32 Å². The predicted octanol–water partition coefficient (Wildman–Crippen LogP) is 5.04. The summed E-state index contributed by atoms with van der Waals surface area (Å²) >= 11 is 0. The fraction of sp³-hybridized carbons (Fsp3) is 0.310. The number of nitrogens with one attached hydrogen (secondary N) is 1. The summed E-state index contributed by atoms with van der Waals surface area (Å²) in [6, 6.07) is 22.4. The molecule has 5 rings (SSSR count). The highest BCUT2D eigenvalue weighted by Gasteiger charge is 2.31. The van der Waals surface area contributed by atoms with E-state index in [9.17, 15) is 14.7 Å². The second-order valence-electron chi connectivity index (χ2n) is 9.32. The third-order valence-corrected chi connectivity index (χ3v) is 6.96. The van der Waals surface area contributed by atoms with Crippen molar-refractivity contribution in [2.24, 2.45) is 0 Å². The molecular weight excluding hydrogens is 458 g/mol. The van der Waals surface area contributed by atoms with E-state index in [-0.39, 0.29) is 31.2 Å². The summed E-state index contributed by atoms with van der Waals surface area (Å²) < 4.78 is 17.1. The zero-order valence-electron chi connectivity index (χ0n) is 20.2. The Balaban J connectivity index is 1.20. The van der Waals surface area contributed by atoms with Gasteiger partial charge in [-0.25, -0.2) is 9.59 Å². The molecule has 7 heteroatoms. The van der Waals surface area contributed by atoms with Crippen LogP contribution in [0.3, 0.4) is 0 Å². The van der Waals surface area contributed by atoms with Gasteiger partial charge in [-0.1, -0.05) is 72.8 Å². The van der Waals surface area contributed by atoms with Crippen molar-refractivity contribution >= 4 is 12.1 Å². The standard InChI is InChI=1S/C29H29NO6/c1-17-18(2)36-28(35-17)20-13-11-19(12-14-20)15-26(27(31)32)30-29(33)34-16-25-23-9-5-3-7-21(23)22-8-4-6-10-24(22)25/h3-14,17-18,25-26,28H,15-16H2,1-2H3,(H,30,33)(H,31,32)/t17?,18?,26-,28?/m1/s1. The first-order chi connectivity index (χ1) is 17.4. The average molecular weight is 488 g/mol. The summed E-state index contributed by atoms with van der Waals surface area (Å²) in [5.41, 5.74) is 6.09. The van der Waals surface area contributed by atoms with Gasteiger partial charge in [0.25, 0.3) is 0 Å². The maximum absolute atomic E-state index is 12.6. The third kappa shape index (κ3) is 4.85.